The first-order chi connectivity index (χ1) is 7.85. The molecule has 1 aromatic rings. The minimum Gasteiger partial charge on any atom is -0.195 e. The molecule has 96 valence electrons. The van der Waals surface area contributed by atoms with Gasteiger partial charge in [0.25, 0.3) is 10.2 Å². The number of hydrogen-bond donors (Lipinski definition) is 0. The molecule has 0 radical (unpaired) electrons. The molecule has 0 heterocycles. The summed E-state index contributed by atoms with van der Waals surface area (Å²) >= 11 is 0. The zero-order valence-electron chi connectivity index (χ0n) is 10.8. The molecule has 1 rings (SSSR count). The van der Waals surface area contributed by atoms with Gasteiger partial charge >= 0.3 is 0 Å². The SMILES string of the molecule is CC(C)N(C)S(=O)(=O)N(C)Cc1ccccc1. The van der Waals surface area contributed by atoms with E-state index in [0.717, 1.165) is 5.56 Å². The number of rotatable bonds is 5. The van der Waals surface area contributed by atoms with Gasteiger partial charge in [-0.05, 0) is 19.4 Å². The van der Waals surface area contributed by atoms with Crippen molar-refractivity contribution in [2.24, 2.45) is 0 Å². The standard InChI is InChI=1S/C12H20N2O2S/c1-11(2)14(4)17(15,16)13(3)10-12-8-6-5-7-9-12/h5-9,11H,10H2,1-4H3. The minimum atomic E-state index is -3.37. The van der Waals surface area contributed by atoms with E-state index in [2.05, 4.69) is 0 Å². The normalized spacial score (nSPS) is 12.6. The third-order valence-corrected chi connectivity index (χ3v) is 4.80. The molecule has 17 heavy (non-hydrogen) atoms. The second kappa shape index (κ2) is 5.62. The summed E-state index contributed by atoms with van der Waals surface area (Å²) in [6.07, 6.45) is 0. The lowest BCUT2D eigenvalue weighted by molar-refractivity contribution is 0.355. The third kappa shape index (κ3) is 3.52. The Morgan fingerprint density at radius 1 is 1.12 bits per heavy atom. The van der Waals surface area contributed by atoms with Gasteiger partial charge in [0.1, 0.15) is 0 Å². The molecule has 0 spiro atoms. The van der Waals surface area contributed by atoms with Crippen LogP contribution in [0.3, 0.4) is 0 Å². The van der Waals surface area contributed by atoms with Gasteiger partial charge in [0.15, 0.2) is 0 Å². The molecule has 5 heteroatoms. The van der Waals surface area contributed by atoms with Crippen molar-refractivity contribution in [3.05, 3.63) is 35.9 Å². The van der Waals surface area contributed by atoms with Crippen LogP contribution in [0.5, 0.6) is 0 Å². The zero-order chi connectivity index (χ0) is 13.1. The number of hydrogen-bond acceptors (Lipinski definition) is 2. The maximum absolute atomic E-state index is 12.1. The average molecular weight is 256 g/mol. The highest BCUT2D eigenvalue weighted by Crippen LogP contribution is 2.11. The second-order valence-electron chi connectivity index (χ2n) is 4.36. The Balaban J connectivity index is 2.80. The van der Waals surface area contributed by atoms with Crippen molar-refractivity contribution in [3.8, 4) is 0 Å². The minimum absolute atomic E-state index is 0.0433. The highest BCUT2D eigenvalue weighted by molar-refractivity contribution is 7.86. The van der Waals surface area contributed by atoms with E-state index in [-0.39, 0.29) is 6.04 Å². The van der Waals surface area contributed by atoms with Crippen LogP contribution in [0.15, 0.2) is 30.3 Å². The first kappa shape index (κ1) is 14.2. The monoisotopic (exact) mass is 256 g/mol. The summed E-state index contributed by atoms with van der Waals surface area (Å²) in [6, 6.07) is 9.52. The van der Waals surface area contributed by atoms with E-state index >= 15 is 0 Å². The molecule has 0 saturated carbocycles. The van der Waals surface area contributed by atoms with Crippen LogP contribution < -0.4 is 0 Å². The van der Waals surface area contributed by atoms with E-state index in [4.69, 9.17) is 0 Å². The van der Waals surface area contributed by atoms with Gasteiger partial charge in [0, 0.05) is 26.7 Å². The quantitative estimate of drug-likeness (QED) is 0.804. The van der Waals surface area contributed by atoms with Crippen molar-refractivity contribution < 1.29 is 8.42 Å². The fraction of sp³-hybridized carbons (Fsp3) is 0.500. The van der Waals surface area contributed by atoms with Crippen molar-refractivity contribution in [2.75, 3.05) is 14.1 Å². The number of nitrogens with zero attached hydrogens (tertiary/aromatic N) is 2. The molecule has 0 amide bonds. The van der Waals surface area contributed by atoms with Gasteiger partial charge in [-0.3, -0.25) is 0 Å². The summed E-state index contributed by atoms with van der Waals surface area (Å²) in [6.45, 7) is 4.10. The van der Waals surface area contributed by atoms with E-state index < -0.39 is 10.2 Å². The second-order valence-corrected chi connectivity index (χ2v) is 6.45. The summed E-state index contributed by atoms with van der Waals surface area (Å²) in [4.78, 5) is 0. The summed E-state index contributed by atoms with van der Waals surface area (Å²) in [5.74, 6) is 0. The Bertz CT molecular complexity index is 443. The summed E-state index contributed by atoms with van der Waals surface area (Å²) in [5, 5.41) is 0. The molecule has 0 aromatic heterocycles. The van der Waals surface area contributed by atoms with Gasteiger partial charge < -0.3 is 0 Å². The van der Waals surface area contributed by atoms with E-state index in [1.54, 1.807) is 14.1 Å². The van der Waals surface area contributed by atoms with Gasteiger partial charge in [-0.1, -0.05) is 30.3 Å². The lowest BCUT2D eigenvalue weighted by Gasteiger charge is -2.27. The van der Waals surface area contributed by atoms with Gasteiger partial charge in [-0.15, -0.1) is 0 Å². The van der Waals surface area contributed by atoms with Crippen molar-refractivity contribution >= 4 is 10.2 Å². The molecule has 0 N–H and O–H groups in total. The molecule has 0 fully saturated rings. The van der Waals surface area contributed by atoms with Crippen LogP contribution in [-0.2, 0) is 16.8 Å². The molecule has 0 aliphatic carbocycles. The fourth-order valence-corrected chi connectivity index (χ4v) is 2.69. The molecule has 0 saturated heterocycles. The van der Waals surface area contributed by atoms with Crippen molar-refractivity contribution in [1.82, 2.24) is 8.61 Å². The van der Waals surface area contributed by atoms with Gasteiger partial charge in [-0.25, -0.2) is 0 Å². The maximum atomic E-state index is 12.1. The molecule has 1 aromatic carbocycles. The first-order valence-electron chi connectivity index (χ1n) is 5.59. The van der Waals surface area contributed by atoms with E-state index in [1.807, 2.05) is 44.2 Å². The van der Waals surface area contributed by atoms with Crippen molar-refractivity contribution in [3.63, 3.8) is 0 Å². The highest BCUT2D eigenvalue weighted by atomic mass is 32.2. The smallest absolute Gasteiger partial charge is 0.195 e. The molecule has 4 nitrogen and oxygen atoms in total. The van der Waals surface area contributed by atoms with Crippen molar-refractivity contribution in [2.45, 2.75) is 26.4 Å². The van der Waals surface area contributed by atoms with Gasteiger partial charge in [-0.2, -0.15) is 17.0 Å². The van der Waals surface area contributed by atoms with E-state index in [1.165, 1.54) is 8.61 Å². The Kier molecular flexibility index (Phi) is 4.68. The Morgan fingerprint density at radius 3 is 2.12 bits per heavy atom. The van der Waals surface area contributed by atoms with Crippen LogP contribution in [0.2, 0.25) is 0 Å². The Morgan fingerprint density at radius 2 is 1.65 bits per heavy atom. The summed E-state index contributed by atoms with van der Waals surface area (Å²) in [7, 11) is -0.173. The molecular formula is C12H20N2O2S. The maximum Gasteiger partial charge on any atom is 0.282 e. The van der Waals surface area contributed by atoms with E-state index in [0.29, 0.717) is 6.54 Å². The van der Waals surface area contributed by atoms with E-state index in [9.17, 15) is 8.42 Å². The first-order valence-corrected chi connectivity index (χ1v) is 6.98. The number of benzene rings is 1. The highest BCUT2D eigenvalue weighted by Gasteiger charge is 2.25. The summed E-state index contributed by atoms with van der Waals surface area (Å²) in [5.41, 5.74) is 0.982. The van der Waals surface area contributed by atoms with Crippen LogP contribution >= 0.6 is 0 Å². The molecule has 0 atom stereocenters. The third-order valence-electron chi connectivity index (χ3n) is 2.73. The molecular weight excluding hydrogens is 236 g/mol. The van der Waals surface area contributed by atoms with Gasteiger partial charge in [0.2, 0.25) is 0 Å². The van der Waals surface area contributed by atoms with Crippen molar-refractivity contribution in [1.29, 1.82) is 0 Å². The molecule has 0 aliphatic heterocycles. The lowest BCUT2D eigenvalue weighted by Crippen LogP contribution is -2.42. The predicted molar refractivity (Wildman–Crippen MR) is 69.7 cm³/mol. The summed E-state index contributed by atoms with van der Waals surface area (Å²) < 4.78 is 27.0. The average Bonchev–Trinajstić information content (AvgIpc) is 2.29. The molecule has 0 bridgehead atoms. The van der Waals surface area contributed by atoms with Crippen LogP contribution in [0.4, 0.5) is 0 Å². The van der Waals surface area contributed by atoms with Gasteiger partial charge in [0.05, 0.1) is 0 Å². The van der Waals surface area contributed by atoms with Crippen LogP contribution in [-0.4, -0.2) is 37.2 Å². The Labute approximate surface area is 104 Å². The van der Waals surface area contributed by atoms with Crippen LogP contribution in [0.25, 0.3) is 0 Å². The predicted octanol–water partition coefficient (Wildman–Crippen LogP) is 1.70. The largest absolute Gasteiger partial charge is 0.282 e. The Hall–Kier alpha value is -0.910. The fourth-order valence-electron chi connectivity index (χ4n) is 1.41. The zero-order valence-corrected chi connectivity index (χ0v) is 11.6. The molecule has 0 unspecified atom stereocenters. The van der Waals surface area contributed by atoms with Crippen LogP contribution in [0, 0.1) is 0 Å². The molecule has 0 aliphatic rings. The topological polar surface area (TPSA) is 40.6 Å². The lowest BCUT2D eigenvalue weighted by atomic mass is 10.2. The van der Waals surface area contributed by atoms with Crippen LogP contribution in [0.1, 0.15) is 19.4 Å².